The van der Waals surface area contributed by atoms with Crippen molar-refractivity contribution in [2.45, 2.75) is 18.2 Å². The minimum absolute atomic E-state index is 0.230. The van der Waals surface area contributed by atoms with E-state index in [-0.39, 0.29) is 11.4 Å². The molecule has 1 aromatic heterocycles. The van der Waals surface area contributed by atoms with Crippen molar-refractivity contribution in [2.75, 3.05) is 20.8 Å². The van der Waals surface area contributed by atoms with Crippen LogP contribution in [-0.2, 0) is 16.4 Å². The van der Waals surface area contributed by atoms with Crippen molar-refractivity contribution in [3.63, 3.8) is 0 Å². The Labute approximate surface area is 159 Å². The quantitative estimate of drug-likeness (QED) is 0.675. The van der Waals surface area contributed by atoms with Gasteiger partial charge in [0.15, 0.2) is 0 Å². The van der Waals surface area contributed by atoms with Crippen molar-refractivity contribution in [2.24, 2.45) is 0 Å². The molecule has 142 valence electrons. The predicted octanol–water partition coefficient (Wildman–Crippen LogP) is 3.08. The maximum atomic E-state index is 12.8. The van der Waals surface area contributed by atoms with E-state index >= 15 is 0 Å². The van der Waals surface area contributed by atoms with E-state index in [1.807, 2.05) is 19.1 Å². The lowest BCUT2D eigenvalue weighted by atomic mass is 10.1. The summed E-state index contributed by atoms with van der Waals surface area (Å²) >= 11 is 0. The minimum Gasteiger partial charge on any atom is -0.497 e. The number of aromatic nitrogens is 1. The second-order valence-electron chi connectivity index (χ2n) is 6.11. The van der Waals surface area contributed by atoms with Gasteiger partial charge in [0.05, 0.1) is 24.6 Å². The number of benzene rings is 2. The fourth-order valence-electron chi connectivity index (χ4n) is 3.00. The molecule has 3 rings (SSSR count). The summed E-state index contributed by atoms with van der Waals surface area (Å²) in [5, 5.41) is 0.615. The zero-order valence-corrected chi connectivity index (χ0v) is 16.3. The van der Waals surface area contributed by atoms with E-state index in [0.29, 0.717) is 28.8 Å². The first kappa shape index (κ1) is 19.1. The van der Waals surface area contributed by atoms with Gasteiger partial charge in [0, 0.05) is 18.1 Å². The summed E-state index contributed by atoms with van der Waals surface area (Å²) in [5.74, 6) is 1.39. The smallest absolute Gasteiger partial charge is 0.241 e. The Balaban J connectivity index is 1.82. The van der Waals surface area contributed by atoms with E-state index in [0.717, 1.165) is 11.1 Å². The number of hydrogen-bond acceptors (Lipinski definition) is 5. The molecule has 0 unspecified atom stereocenters. The molecule has 0 aliphatic rings. The summed E-state index contributed by atoms with van der Waals surface area (Å²) in [6.07, 6.45) is 2.13. The molecule has 0 saturated heterocycles. The summed E-state index contributed by atoms with van der Waals surface area (Å²) in [6.45, 7) is 2.15. The van der Waals surface area contributed by atoms with Crippen molar-refractivity contribution in [1.29, 1.82) is 0 Å². The van der Waals surface area contributed by atoms with Gasteiger partial charge in [-0.15, -0.1) is 0 Å². The molecule has 0 amide bonds. The standard InChI is InChI=1S/C20H22N2O4S/c1-14-6-9-19(17-5-4-11-21-20(14)17)27(23,24)22-12-10-15-13-16(25-2)7-8-18(15)26-3/h4-9,11,13,22H,10,12H2,1-3H3. The lowest BCUT2D eigenvalue weighted by molar-refractivity contribution is 0.398. The monoisotopic (exact) mass is 386 g/mol. The molecule has 0 bridgehead atoms. The van der Waals surface area contributed by atoms with Crippen LogP contribution in [-0.4, -0.2) is 34.2 Å². The number of rotatable bonds is 7. The number of fused-ring (bicyclic) bond motifs is 1. The molecule has 0 fully saturated rings. The van der Waals surface area contributed by atoms with Crippen LogP contribution >= 0.6 is 0 Å². The normalized spacial score (nSPS) is 11.5. The van der Waals surface area contributed by atoms with Crippen LogP contribution in [0.2, 0.25) is 0 Å². The molecule has 0 aliphatic heterocycles. The van der Waals surface area contributed by atoms with E-state index in [1.165, 1.54) is 0 Å². The topological polar surface area (TPSA) is 77.5 Å². The summed E-state index contributed by atoms with van der Waals surface area (Å²) in [6, 6.07) is 12.4. The minimum atomic E-state index is -3.67. The van der Waals surface area contributed by atoms with Gasteiger partial charge in [0.1, 0.15) is 11.5 Å². The molecule has 27 heavy (non-hydrogen) atoms. The highest BCUT2D eigenvalue weighted by atomic mass is 32.2. The van der Waals surface area contributed by atoms with Crippen molar-refractivity contribution >= 4 is 20.9 Å². The Morgan fingerprint density at radius 2 is 1.89 bits per heavy atom. The fraction of sp³-hybridized carbons (Fsp3) is 0.250. The van der Waals surface area contributed by atoms with Crippen LogP contribution in [0.1, 0.15) is 11.1 Å². The third kappa shape index (κ3) is 4.04. The Bertz CT molecular complexity index is 1060. The average molecular weight is 386 g/mol. The Kier molecular flexibility index (Phi) is 5.62. The lowest BCUT2D eigenvalue weighted by Gasteiger charge is -2.13. The van der Waals surface area contributed by atoms with Crippen LogP contribution in [0.5, 0.6) is 11.5 Å². The number of hydrogen-bond donors (Lipinski definition) is 1. The maximum Gasteiger partial charge on any atom is 0.241 e. The summed E-state index contributed by atoms with van der Waals surface area (Å²) < 4.78 is 38.9. The third-order valence-corrected chi connectivity index (χ3v) is 5.91. The van der Waals surface area contributed by atoms with Crippen LogP contribution in [0.4, 0.5) is 0 Å². The average Bonchev–Trinajstić information content (AvgIpc) is 2.68. The molecular weight excluding hydrogens is 364 g/mol. The number of nitrogens with one attached hydrogen (secondary N) is 1. The molecule has 7 heteroatoms. The number of methoxy groups -OCH3 is 2. The second-order valence-corrected chi connectivity index (χ2v) is 7.84. The van der Waals surface area contributed by atoms with Crippen LogP contribution in [0.25, 0.3) is 10.9 Å². The molecule has 3 aromatic rings. The molecule has 0 saturated carbocycles. The predicted molar refractivity (Wildman–Crippen MR) is 105 cm³/mol. The zero-order valence-electron chi connectivity index (χ0n) is 15.5. The van der Waals surface area contributed by atoms with Gasteiger partial charge in [-0.2, -0.15) is 0 Å². The van der Waals surface area contributed by atoms with Gasteiger partial charge in [-0.05, 0) is 60.9 Å². The summed E-state index contributed by atoms with van der Waals surface area (Å²) in [7, 11) is -0.499. The third-order valence-electron chi connectivity index (χ3n) is 4.39. The first-order valence-corrected chi connectivity index (χ1v) is 9.99. The molecule has 1 N–H and O–H groups in total. The van der Waals surface area contributed by atoms with Crippen LogP contribution in [0.15, 0.2) is 53.6 Å². The Morgan fingerprint density at radius 1 is 1.07 bits per heavy atom. The molecule has 2 aromatic carbocycles. The molecule has 0 aliphatic carbocycles. The molecule has 0 spiro atoms. The van der Waals surface area contributed by atoms with Gasteiger partial charge >= 0.3 is 0 Å². The van der Waals surface area contributed by atoms with Gasteiger partial charge < -0.3 is 9.47 Å². The highest BCUT2D eigenvalue weighted by Gasteiger charge is 2.18. The van der Waals surface area contributed by atoms with Crippen LogP contribution in [0.3, 0.4) is 0 Å². The fourth-order valence-corrected chi connectivity index (χ4v) is 4.22. The van der Waals surface area contributed by atoms with Crippen LogP contribution < -0.4 is 14.2 Å². The van der Waals surface area contributed by atoms with E-state index in [4.69, 9.17) is 9.47 Å². The van der Waals surface area contributed by atoms with E-state index in [2.05, 4.69) is 9.71 Å². The van der Waals surface area contributed by atoms with Crippen molar-refractivity contribution in [3.05, 3.63) is 59.8 Å². The zero-order chi connectivity index (χ0) is 19.4. The van der Waals surface area contributed by atoms with Gasteiger partial charge in [-0.25, -0.2) is 13.1 Å². The van der Waals surface area contributed by atoms with Gasteiger partial charge in [0.2, 0.25) is 10.0 Å². The Morgan fingerprint density at radius 3 is 2.63 bits per heavy atom. The van der Waals surface area contributed by atoms with Crippen molar-refractivity contribution in [1.82, 2.24) is 9.71 Å². The first-order valence-electron chi connectivity index (χ1n) is 8.51. The second kappa shape index (κ2) is 7.94. The van der Waals surface area contributed by atoms with Crippen molar-refractivity contribution in [3.8, 4) is 11.5 Å². The molecule has 1 heterocycles. The van der Waals surface area contributed by atoms with Gasteiger partial charge in [-0.3, -0.25) is 4.98 Å². The molecule has 0 atom stereocenters. The van der Waals surface area contributed by atoms with E-state index in [1.54, 1.807) is 50.7 Å². The summed E-state index contributed by atoms with van der Waals surface area (Å²) in [4.78, 5) is 4.53. The van der Waals surface area contributed by atoms with Crippen LogP contribution in [0, 0.1) is 6.92 Å². The highest BCUT2D eigenvalue weighted by Crippen LogP contribution is 2.26. The SMILES string of the molecule is COc1ccc(OC)c(CCNS(=O)(=O)c2ccc(C)c3ncccc23)c1. The number of pyridine rings is 1. The van der Waals surface area contributed by atoms with E-state index in [9.17, 15) is 8.42 Å². The number of ether oxygens (including phenoxy) is 2. The lowest BCUT2D eigenvalue weighted by Crippen LogP contribution is -2.26. The maximum absolute atomic E-state index is 12.8. The highest BCUT2D eigenvalue weighted by molar-refractivity contribution is 7.89. The first-order chi connectivity index (χ1) is 13.0. The molecular formula is C20H22N2O4S. The van der Waals surface area contributed by atoms with Gasteiger partial charge in [0.25, 0.3) is 0 Å². The van der Waals surface area contributed by atoms with Gasteiger partial charge in [-0.1, -0.05) is 6.07 Å². The number of nitrogens with zero attached hydrogens (tertiary/aromatic N) is 1. The number of sulfonamides is 1. The van der Waals surface area contributed by atoms with E-state index < -0.39 is 10.0 Å². The van der Waals surface area contributed by atoms with Crippen molar-refractivity contribution < 1.29 is 17.9 Å². The number of aryl methyl sites for hydroxylation is 1. The summed E-state index contributed by atoms with van der Waals surface area (Å²) in [5.41, 5.74) is 2.50. The Hall–Kier alpha value is -2.64. The molecule has 6 nitrogen and oxygen atoms in total. The molecule has 0 radical (unpaired) electrons. The largest absolute Gasteiger partial charge is 0.497 e.